The van der Waals surface area contributed by atoms with E-state index in [1.165, 1.54) is 0 Å². The number of amides is 1. The molecule has 2 aromatic rings. The molecule has 0 fully saturated rings. The number of carbonyl (C=O) groups excluding carboxylic acids is 1. The van der Waals surface area contributed by atoms with Gasteiger partial charge in [0.05, 0.1) is 0 Å². The number of hydrogen-bond donors (Lipinski definition) is 2. The summed E-state index contributed by atoms with van der Waals surface area (Å²) in [7, 11) is 0. The van der Waals surface area contributed by atoms with Crippen LogP contribution in [0.2, 0.25) is 0 Å². The van der Waals surface area contributed by atoms with Crippen molar-refractivity contribution in [2.24, 2.45) is 5.73 Å². The molecule has 1 aliphatic rings. The van der Waals surface area contributed by atoms with Gasteiger partial charge in [0, 0.05) is 17.7 Å². The predicted octanol–water partition coefficient (Wildman–Crippen LogP) is 3.22. The van der Waals surface area contributed by atoms with Gasteiger partial charge in [-0.05, 0) is 30.5 Å². The first-order valence-electron chi connectivity index (χ1n) is 7.64. The van der Waals surface area contributed by atoms with Gasteiger partial charge in [-0.2, -0.15) is 0 Å². The number of carbonyl (C=O) groups is 1. The SMILES string of the molecule is NCCCCNC(=O)OC1c2ccccc2-c2ccccc21. The van der Waals surface area contributed by atoms with Crippen LogP contribution in [0.15, 0.2) is 48.5 Å². The van der Waals surface area contributed by atoms with Crippen LogP contribution in [0.1, 0.15) is 30.1 Å². The van der Waals surface area contributed by atoms with E-state index in [-0.39, 0.29) is 12.2 Å². The van der Waals surface area contributed by atoms with Crippen LogP contribution >= 0.6 is 0 Å². The molecule has 0 aromatic heterocycles. The number of rotatable bonds is 5. The highest BCUT2D eigenvalue weighted by atomic mass is 16.6. The summed E-state index contributed by atoms with van der Waals surface area (Å²) in [6, 6.07) is 16.1. The first-order chi connectivity index (χ1) is 10.8. The minimum Gasteiger partial charge on any atom is -0.436 e. The maximum Gasteiger partial charge on any atom is 0.408 e. The van der Waals surface area contributed by atoms with Gasteiger partial charge in [-0.25, -0.2) is 4.79 Å². The third-order valence-corrected chi connectivity index (χ3v) is 3.90. The number of unbranched alkanes of at least 4 members (excludes halogenated alkanes) is 1. The first kappa shape index (κ1) is 14.6. The second-order valence-electron chi connectivity index (χ2n) is 5.38. The fourth-order valence-corrected chi connectivity index (χ4v) is 2.84. The lowest BCUT2D eigenvalue weighted by Crippen LogP contribution is -2.27. The fourth-order valence-electron chi connectivity index (χ4n) is 2.84. The van der Waals surface area contributed by atoms with E-state index >= 15 is 0 Å². The molecule has 2 aromatic carbocycles. The highest BCUT2D eigenvalue weighted by Gasteiger charge is 2.30. The summed E-state index contributed by atoms with van der Waals surface area (Å²) >= 11 is 0. The van der Waals surface area contributed by atoms with Crippen molar-refractivity contribution in [3.05, 3.63) is 59.7 Å². The van der Waals surface area contributed by atoms with Crippen molar-refractivity contribution in [2.45, 2.75) is 18.9 Å². The molecule has 0 bridgehead atoms. The summed E-state index contributed by atoms with van der Waals surface area (Å²) in [5, 5.41) is 2.79. The number of nitrogens with one attached hydrogen (secondary N) is 1. The molecule has 0 saturated heterocycles. The van der Waals surface area contributed by atoms with E-state index in [4.69, 9.17) is 10.5 Å². The zero-order chi connectivity index (χ0) is 15.4. The quantitative estimate of drug-likeness (QED) is 0.833. The zero-order valence-corrected chi connectivity index (χ0v) is 12.4. The maximum absolute atomic E-state index is 12.0. The number of hydrogen-bond acceptors (Lipinski definition) is 3. The van der Waals surface area contributed by atoms with Gasteiger partial charge in [0.15, 0.2) is 6.10 Å². The van der Waals surface area contributed by atoms with E-state index in [0.29, 0.717) is 13.1 Å². The molecule has 0 spiro atoms. The lowest BCUT2D eigenvalue weighted by Gasteiger charge is -2.15. The molecule has 0 unspecified atom stereocenters. The Morgan fingerprint density at radius 3 is 2.18 bits per heavy atom. The second-order valence-corrected chi connectivity index (χ2v) is 5.38. The van der Waals surface area contributed by atoms with Crippen LogP contribution in [-0.2, 0) is 4.74 Å². The van der Waals surface area contributed by atoms with Crippen LogP contribution < -0.4 is 11.1 Å². The van der Waals surface area contributed by atoms with Gasteiger partial charge in [-0.3, -0.25) is 0 Å². The lowest BCUT2D eigenvalue weighted by atomic mass is 10.1. The molecule has 0 atom stereocenters. The van der Waals surface area contributed by atoms with Crippen LogP contribution in [0.3, 0.4) is 0 Å². The first-order valence-corrected chi connectivity index (χ1v) is 7.64. The smallest absolute Gasteiger partial charge is 0.408 e. The standard InChI is InChI=1S/C18H20N2O2/c19-11-5-6-12-20-18(21)22-17-15-9-3-1-7-13(15)14-8-2-4-10-16(14)17/h1-4,7-10,17H,5-6,11-12,19H2,(H,20,21). The van der Waals surface area contributed by atoms with E-state index in [2.05, 4.69) is 17.4 Å². The molecular weight excluding hydrogens is 276 g/mol. The summed E-state index contributed by atoms with van der Waals surface area (Å²) in [5.41, 5.74) is 9.80. The van der Waals surface area contributed by atoms with Gasteiger partial charge in [-0.1, -0.05) is 48.5 Å². The van der Waals surface area contributed by atoms with Crippen molar-refractivity contribution in [2.75, 3.05) is 13.1 Å². The van der Waals surface area contributed by atoms with Gasteiger partial charge in [-0.15, -0.1) is 0 Å². The number of alkyl carbamates (subject to hydrolysis) is 1. The van der Waals surface area contributed by atoms with Gasteiger partial charge in [0.25, 0.3) is 0 Å². The van der Waals surface area contributed by atoms with Crippen molar-refractivity contribution in [3.63, 3.8) is 0 Å². The highest BCUT2D eigenvalue weighted by molar-refractivity contribution is 5.79. The van der Waals surface area contributed by atoms with Crippen LogP contribution in [0.25, 0.3) is 11.1 Å². The fraction of sp³-hybridized carbons (Fsp3) is 0.278. The van der Waals surface area contributed by atoms with E-state index < -0.39 is 0 Å². The van der Waals surface area contributed by atoms with Gasteiger partial charge in [0.2, 0.25) is 0 Å². The zero-order valence-electron chi connectivity index (χ0n) is 12.4. The largest absolute Gasteiger partial charge is 0.436 e. The van der Waals surface area contributed by atoms with Crippen molar-refractivity contribution < 1.29 is 9.53 Å². The highest BCUT2D eigenvalue weighted by Crippen LogP contribution is 2.44. The minimum absolute atomic E-state index is 0.332. The summed E-state index contributed by atoms with van der Waals surface area (Å²) < 4.78 is 5.66. The number of benzene rings is 2. The minimum atomic E-state index is -0.381. The lowest BCUT2D eigenvalue weighted by molar-refractivity contribution is 0.118. The molecule has 0 saturated carbocycles. The Bertz CT molecular complexity index is 624. The molecule has 0 heterocycles. The van der Waals surface area contributed by atoms with Crippen LogP contribution in [0, 0.1) is 0 Å². The Kier molecular flexibility index (Phi) is 4.39. The predicted molar refractivity (Wildman–Crippen MR) is 86.5 cm³/mol. The van der Waals surface area contributed by atoms with Gasteiger partial charge in [0.1, 0.15) is 0 Å². The topological polar surface area (TPSA) is 64.3 Å². The van der Waals surface area contributed by atoms with Crippen molar-refractivity contribution >= 4 is 6.09 Å². The molecule has 3 N–H and O–H groups in total. The van der Waals surface area contributed by atoms with E-state index in [0.717, 1.165) is 35.1 Å². The maximum atomic E-state index is 12.0. The van der Waals surface area contributed by atoms with Crippen LogP contribution in [-0.4, -0.2) is 19.2 Å². The molecule has 1 aliphatic carbocycles. The van der Waals surface area contributed by atoms with Gasteiger partial charge < -0.3 is 15.8 Å². The normalized spacial score (nSPS) is 12.6. The Labute approximate surface area is 130 Å². The molecule has 114 valence electrons. The van der Waals surface area contributed by atoms with Crippen LogP contribution in [0.5, 0.6) is 0 Å². The van der Waals surface area contributed by atoms with Gasteiger partial charge >= 0.3 is 6.09 Å². The van der Waals surface area contributed by atoms with E-state index in [9.17, 15) is 4.79 Å². The monoisotopic (exact) mass is 296 g/mol. The average Bonchev–Trinajstić information content (AvgIpc) is 2.87. The number of fused-ring (bicyclic) bond motifs is 3. The van der Waals surface area contributed by atoms with E-state index in [1.54, 1.807) is 0 Å². The molecule has 0 aliphatic heterocycles. The summed E-state index contributed by atoms with van der Waals surface area (Å²) in [6.07, 6.45) is 1.05. The number of ether oxygens (including phenoxy) is 1. The molecule has 4 heteroatoms. The molecule has 1 amide bonds. The molecular formula is C18H20N2O2. The summed E-state index contributed by atoms with van der Waals surface area (Å²) in [5.74, 6) is 0. The molecule has 0 radical (unpaired) electrons. The van der Waals surface area contributed by atoms with Crippen molar-refractivity contribution in [1.29, 1.82) is 0 Å². The van der Waals surface area contributed by atoms with Crippen molar-refractivity contribution in [1.82, 2.24) is 5.32 Å². The summed E-state index contributed by atoms with van der Waals surface area (Å²) in [4.78, 5) is 12.0. The second kappa shape index (κ2) is 6.62. The molecule has 22 heavy (non-hydrogen) atoms. The Morgan fingerprint density at radius 1 is 1.00 bits per heavy atom. The van der Waals surface area contributed by atoms with Crippen LogP contribution in [0.4, 0.5) is 4.79 Å². The molecule has 3 rings (SSSR count). The Morgan fingerprint density at radius 2 is 1.59 bits per heavy atom. The third-order valence-electron chi connectivity index (χ3n) is 3.90. The van der Waals surface area contributed by atoms with E-state index in [1.807, 2.05) is 36.4 Å². The average molecular weight is 296 g/mol. The Balaban J connectivity index is 1.75. The third kappa shape index (κ3) is 2.83. The molecule has 4 nitrogen and oxygen atoms in total. The number of nitrogens with two attached hydrogens (primary N) is 1. The summed E-state index contributed by atoms with van der Waals surface area (Å²) in [6.45, 7) is 1.23. The van der Waals surface area contributed by atoms with Crippen molar-refractivity contribution in [3.8, 4) is 11.1 Å². The Hall–Kier alpha value is -2.33.